The third-order valence-electron chi connectivity index (χ3n) is 6.47. The molecular formula is C27H50N2O6. The molecule has 204 valence electrons. The fraction of sp³-hybridized carbons (Fsp3) is 0.889. The van der Waals surface area contributed by atoms with Crippen molar-refractivity contribution >= 4 is 17.8 Å². The minimum absolute atomic E-state index is 0.0337. The number of rotatable bonds is 18. The number of carbonyl (C=O) groups is 3. The topological polar surface area (TPSA) is 114 Å². The molecule has 0 bridgehead atoms. The first-order chi connectivity index (χ1) is 16.5. The second kappa shape index (κ2) is 16.1. The van der Waals surface area contributed by atoms with Gasteiger partial charge in [0.05, 0.1) is 13.0 Å². The van der Waals surface area contributed by atoms with Crippen LogP contribution < -0.4 is 10.6 Å². The van der Waals surface area contributed by atoms with Crippen molar-refractivity contribution in [2.24, 2.45) is 5.41 Å². The molecule has 1 rings (SSSR count). The van der Waals surface area contributed by atoms with E-state index in [0.29, 0.717) is 32.4 Å². The summed E-state index contributed by atoms with van der Waals surface area (Å²) < 4.78 is 11.5. The third kappa shape index (κ3) is 13.9. The van der Waals surface area contributed by atoms with Crippen LogP contribution in [0.1, 0.15) is 118 Å². The summed E-state index contributed by atoms with van der Waals surface area (Å²) in [4.78, 5) is 36.4. The van der Waals surface area contributed by atoms with E-state index in [9.17, 15) is 19.5 Å². The summed E-state index contributed by atoms with van der Waals surface area (Å²) in [7, 11) is 0. The van der Waals surface area contributed by atoms with Gasteiger partial charge in [0.1, 0.15) is 6.10 Å². The van der Waals surface area contributed by atoms with Crippen LogP contribution in [-0.2, 0) is 23.9 Å². The molecule has 2 amide bonds. The molecule has 0 aromatic carbocycles. The van der Waals surface area contributed by atoms with E-state index in [1.54, 1.807) is 13.8 Å². The molecule has 1 saturated heterocycles. The molecule has 1 aliphatic rings. The van der Waals surface area contributed by atoms with E-state index < -0.39 is 29.3 Å². The van der Waals surface area contributed by atoms with Crippen molar-refractivity contribution in [3.05, 3.63) is 0 Å². The number of carboxylic acid groups (broad SMARTS) is 1. The van der Waals surface area contributed by atoms with Crippen LogP contribution in [0.2, 0.25) is 0 Å². The van der Waals surface area contributed by atoms with Crippen LogP contribution in [0.25, 0.3) is 0 Å². The molecule has 3 N–H and O–H groups in total. The SMILES string of the molecule is CCCCCCCCCCCC(=O)NCCCC(CC(=O)O)NC(=O)C1OC(C)(C)OCC1(C)C. The second-order valence-electron chi connectivity index (χ2n) is 11.0. The van der Waals surface area contributed by atoms with Gasteiger partial charge in [-0.3, -0.25) is 14.4 Å². The Hall–Kier alpha value is -1.67. The molecule has 0 spiro atoms. The Morgan fingerprint density at radius 2 is 1.54 bits per heavy atom. The molecule has 2 atom stereocenters. The predicted molar refractivity (Wildman–Crippen MR) is 137 cm³/mol. The summed E-state index contributed by atoms with van der Waals surface area (Å²) >= 11 is 0. The molecule has 0 aromatic heterocycles. The number of carboxylic acids is 1. The van der Waals surface area contributed by atoms with Gasteiger partial charge in [-0.25, -0.2) is 0 Å². The largest absolute Gasteiger partial charge is 0.481 e. The van der Waals surface area contributed by atoms with Crippen LogP contribution in [0.15, 0.2) is 0 Å². The monoisotopic (exact) mass is 498 g/mol. The standard InChI is InChI=1S/C27H50N2O6/c1-6-7-8-9-10-11-12-13-14-17-22(30)28-18-15-16-21(19-23(31)32)29-25(33)24-26(2,3)20-34-27(4,5)35-24/h21,24H,6-20H2,1-5H3,(H,28,30)(H,29,33)(H,31,32). The van der Waals surface area contributed by atoms with Gasteiger partial charge in [-0.2, -0.15) is 0 Å². The molecule has 1 fully saturated rings. The third-order valence-corrected chi connectivity index (χ3v) is 6.47. The van der Waals surface area contributed by atoms with E-state index in [2.05, 4.69) is 17.6 Å². The maximum Gasteiger partial charge on any atom is 0.305 e. The number of hydrogen-bond donors (Lipinski definition) is 3. The minimum atomic E-state index is -0.975. The first-order valence-corrected chi connectivity index (χ1v) is 13.6. The fourth-order valence-electron chi connectivity index (χ4n) is 4.30. The first kappa shape index (κ1) is 31.4. The van der Waals surface area contributed by atoms with Crippen molar-refractivity contribution in [1.82, 2.24) is 10.6 Å². The lowest BCUT2D eigenvalue weighted by atomic mass is 9.85. The van der Waals surface area contributed by atoms with E-state index in [4.69, 9.17) is 9.47 Å². The van der Waals surface area contributed by atoms with Gasteiger partial charge < -0.3 is 25.2 Å². The molecule has 2 unspecified atom stereocenters. The number of hydrogen-bond acceptors (Lipinski definition) is 5. The molecule has 8 heteroatoms. The van der Waals surface area contributed by atoms with E-state index in [0.717, 1.165) is 12.8 Å². The number of unbranched alkanes of at least 4 members (excludes halogenated alkanes) is 8. The lowest BCUT2D eigenvalue weighted by molar-refractivity contribution is -0.304. The summed E-state index contributed by atoms with van der Waals surface area (Å²) in [6.07, 6.45) is 11.6. The van der Waals surface area contributed by atoms with Crippen molar-refractivity contribution in [3.8, 4) is 0 Å². The maximum absolute atomic E-state index is 12.9. The Labute approximate surface area is 212 Å². The summed E-state index contributed by atoms with van der Waals surface area (Å²) in [5, 5.41) is 15.1. The van der Waals surface area contributed by atoms with Crippen LogP contribution in [0.5, 0.6) is 0 Å². The van der Waals surface area contributed by atoms with Crippen molar-refractivity contribution < 1.29 is 29.0 Å². The van der Waals surface area contributed by atoms with Crippen LogP contribution in [0.4, 0.5) is 0 Å². The number of ether oxygens (including phenoxy) is 2. The smallest absolute Gasteiger partial charge is 0.305 e. The van der Waals surface area contributed by atoms with Gasteiger partial charge in [0.2, 0.25) is 11.8 Å². The minimum Gasteiger partial charge on any atom is -0.481 e. The average Bonchev–Trinajstić information content (AvgIpc) is 2.77. The van der Waals surface area contributed by atoms with Crippen LogP contribution in [-0.4, -0.2) is 54.0 Å². The van der Waals surface area contributed by atoms with Crippen molar-refractivity contribution in [1.29, 1.82) is 0 Å². The Bertz CT molecular complexity index is 650. The first-order valence-electron chi connectivity index (χ1n) is 13.6. The Morgan fingerprint density at radius 1 is 0.943 bits per heavy atom. The molecule has 0 radical (unpaired) electrons. The highest BCUT2D eigenvalue weighted by atomic mass is 16.7. The Balaban J connectivity index is 2.30. The Kier molecular flexibility index (Phi) is 14.5. The van der Waals surface area contributed by atoms with Gasteiger partial charge in [-0.05, 0) is 33.1 Å². The fourth-order valence-corrected chi connectivity index (χ4v) is 4.30. The zero-order chi connectivity index (χ0) is 26.3. The van der Waals surface area contributed by atoms with E-state index >= 15 is 0 Å². The highest BCUT2D eigenvalue weighted by Gasteiger charge is 2.46. The molecule has 0 aliphatic carbocycles. The second-order valence-corrected chi connectivity index (χ2v) is 11.0. The molecule has 1 aliphatic heterocycles. The number of amides is 2. The summed E-state index contributed by atoms with van der Waals surface area (Å²) in [5.41, 5.74) is -0.531. The molecule has 0 aromatic rings. The summed E-state index contributed by atoms with van der Waals surface area (Å²) in [6.45, 7) is 10.4. The van der Waals surface area contributed by atoms with Crippen LogP contribution >= 0.6 is 0 Å². The summed E-state index contributed by atoms with van der Waals surface area (Å²) in [6, 6.07) is -0.528. The van der Waals surface area contributed by atoms with Crippen molar-refractivity contribution in [2.45, 2.75) is 136 Å². The highest BCUT2D eigenvalue weighted by Crippen LogP contribution is 2.35. The molecule has 35 heavy (non-hydrogen) atoms. The highest BCUT2D eigenvalue weighted by molar-refractivity contribution is 5.82. The van der Waals surface area contributed by atoms with E-state index in [-0.39, 0.29) is 18.2 Å². The molecule has 0 saturated carbocycles. The molecular weight excluding hydrogens is 448 g/mol. The maximum atomic E-state index is 12.9. The molecule has 8 nitrogen and oxygen atoms in total. The van der Waals surface area contributed by atoms with E-state index in [1.807, 2.05) is 13.8 Å². The van der Waals surface area contributed by atoms with Gasteiger partial charge in [-0.1, -0.05) is 72.1 Å². The van der Waals surface area contributed by atoms with Gasteiger partial charge in [0.15, 0.2) is 5.79 Å². The lowest BCUT2D eigenvalue weighted by Gasteiger charge is -2.45. The van der Waals surface area contributed by atoms with Crippen molar-refractivity contribution in [3.63, 3.8) is 0 Å². The van der Waals surface area contributed by atoms with Crippen LogP contribution in [0, 0.1) is 5.41 Å². The number of aliphatic carboxylic acids is 1. The normalized spacial score (nSPS) is 19.6. The zero-order valence-electron chi connectivity index (χ0n) is 22.7. The predicted octanol–water partition coefficient (Wildman–Crippen LogP) is 4.94. The zero-order valence-corrected chi connectivity index (χ0v) is 22.7. The van der Waals surface area contributed by atoms with Gasteiger partial charge in [-0.15, -0.1) is 0 Å². The number of carbonyl (C=O) groups excluding carboxylic acids is 2. The van der Waals surface area contributed by atoms with Crippen molar-refractivity contribution in [2.75, 3.05) is 13.2 Å². The van der Waals surface area contributed by atoms with Gasteiger partial charge >= 0.3 is 5.97 Å². The average molecular weight is 499 g/mol. The van der Waals surface area contributed by atoms with Gasteiger partial charge in [0, 0.05) is 24.4 Å². The van der Waals surface area contributed by atoms with E-state index in [1.165, 1.54) is 44.9 Å². The number of nitrogens with one attached hydrogen (secondary N) is 2. The van der Waals surface area contributed by atoms with Crippen LogP contribution in [0.3, 0.4) is 0 Å². The lowest BCUT2D eigenvalue weighted by Crippen LogP contribution is -2.57. The Morgan fingerprint density at radius 3 is 2.14 bits per heavy atom. The summed E-state index contributed by atoms with van der Waals surface area (Å²) in [5.74, 6) is -2.14. The molecule has 1 heterocycles. The quantitative estimate of drug-likeness (QED) is 0.231. The van der Waals surface area contributed by atoms with Gasteiger partial charge in [0.25, 0.3) is 0 Å².